The van der Waals surface area contributed by atoms with Crippen molar-refractivity contribution < 1.29 is 22.3 Å². The first kappa shape index (κ1) is 33.0. The Hall–Kier alpha value is -3.88. The maximum Gasteiger partial charge on any atom is 0.243 e. The van der Waals surface area contributed by atoms with E-state index in [2.05, 4.69) is 63.7 Å². The molecule has 0 bridgehead atoms. The molecule has 4 rings (SSSR count). The van der Waals surface area contributed by atoms with Gasteiger partial charge in [0.2, 0.25) is 16.0 Å². The zero-order chi connectivity index (χ0) is 32.4. The molecule has 2 atom stereocenters. The van der Waals surface area contributed by atoms with Crippen molar-refractivity contribution in [3.8, 4) is 28.6 Å². The largest absolute Gasteiger partial charge is 0.494 e. The minimum Gasteiger partial charge on any atom is -0.494 e. The number of para-hydroxylation sites is 1. The standard InChI is InChI=1S/C30H41N7O5SSi/c1-19-14-22(17-31-15-19)28-34-35-29(37(28)26-24(40-7)12-11-13-25(26)41-8)36-43(38,39)21(3)27(23-18-32-20(2)16-33-23)42-44(9,10)30(4,5)6/h11-18,21,27H,1-10H3,(H,35,36)/t21-,27+/m1/s1. The van der Waals surface area contributed by atoms with Gasteiger partial charge in [-0.3, -0.25) is 24.2 Å². The molecule has 0 unspecified atom stereocenters. The van der Waals surface area contributed by atoms with E-state index in [1.165, 1.54) is 14.2 Å². The number of rotatable bonds is 11. The van der Waals surface area contributed by atoms with Gasteiger partial charge in [-0.1, -0.05) is 26.8 Å². The van der Waals surface area contributed by atoms with Crippen molar-refractivity contribution in [3.05, 3.63) is 66.0 Å². The highest BCUT2D eigenvalue weighted by Crippen LogP contribution is 2.42. The molecular formula is C30H41N7O5SSi. The lowest BCUT2D eigenvalue weighted by Crippen LogP contribution is -2.45. The summed E-state index contributed by atoms with van der Waals surface area (Å²) in [5.74, 6) is 1.13. The van der Waals surface area contributed by atoms with E-state index < -0.39 is 29.7 Å². The fourth-order valence-corrected chi connectivity index (χ4v) is 6.81. The summed E-state index contributed by atoms with van der Waals surface area (Å²) in [6.45, 7) is 15.8. The SMILES string of the molecule is COc1cccc(OC)c1-n1c(NS(=O)(=O)[C@H](C)[C@H](O[Si](C)(C)C(C)(C)C)c2cnc(C)cn2)nnc1-c1cncc(C)c1. The molecule has 0 radical (unpaired) electrons. The molecule has 0 aliphatic carbocycles. The van der Waals surface area contributed by atoms with E-state index in [1.807, 2.05) is 19.9 Å². The van der Waals surface area contributed by atoms with E-state index in [9.17, 15) is 8.42 Å². The van der Waals surface area contributed by atoms with Crippen LogP contribution in [0.3, 0.4) is 0 Å². The maximum atomic E-state index is 14.2. The molecule has 3 aromatic heterocycles. The molecule has 0 aliphatic rings. The van der Waals surface area contributed by atoms with Crippen LogP contribution in [0.25, 0.3) is 17.1 Å². The molecule has 0 aliphatic heterocycles. The number of hydrogen-bond acceptors (Lipinski definition) is 10. The summed E-state index contributed by atoms with van der Waals surface area (Å²) in [6, 6.07) is 7.15. The van der Waals surface area contributed by atoms with Crippen LogP contribution in [0.1, 0.15) is 50.8 Å². The molecule has 4 aromatic rings. The quantitative estimate of drug-likeness (QED) is 0.205. The number of anilines is 1. The van der Waals surface area contributed by atoms with Crippen molar-refractivity contribution in [2.24, 2.45) is 0 Å². The molecular weight excluding hydrogens is 599 g/mol. The summed E-state index contributed by atoms with van der Waals surface area (Å²) in [5.41, 5.74) is 3.08. The van der Waals surface area contributed by atoms with Crippen LogP contribution >= 0.6 is 0 Å². The summed E-state index contributed by atoms with van der Waals surface area (Å²) in [5, 5.41) is 7.41. The second kappa shape index (κ2) is 12.6. The van der Waals surface area contributed by atoms with Crippen LogP contribution in [-0.4, -0.2) is 65.9 Å². The average molecular weight is 640 g/mol. The van der Waals surface area contributed by atoms with Crippen LogP contribution in [0.5, 0.6) is 11.5 Å². The van der Waals surface area contributed by atoms with Gasteiger partial charge in [0.1, 0.15) is 28.5 Å². The lowest BCUT2D eigenvalue weighted by atomic mass is 10.2. The topological polar surface area (TPSA) is 143 Å². The van der Waals surface area contributed by atoms with Gasteiger partial charge < -0.3 is 13.9 Å². The smallest absolute Gasteiger partial charge is 0.243 e. The molecule has 0 fully saturated rings. The second-order valence-corrected chi connectivity index (χ2v) is 19.0. The Morgan fingerprint density at radius 2 is 1.61 bits per heavy atom. The van der Waals surface area contributed by atoms with E-state index in [-0.39, 0.29) is 11.0 Å². The Labute approximate surface area is 260 Å². The molecule has 0 saturated heterocycles. The lowest BCUT2D eigenvalue weighted by molar-refractivity contribution is 0.176. The van der Waals surface area contributed by atoms with Gasteiger partial charge in [0.25, 0.3) is 0 Å². The van der Waals surface area contributed by atoms with E-state index in [0.29, 0.717) is 40.0 Å². The Morgan fingerprint density at radius 1 is 0.955 bits per heavy atom. The monoisotopic (exact) mass is 639 g/mol. The van der Waals surface area contributed by atoms with Crippen molar-refractivity contribution in [3.63, 3.8) is 0 Å². The Balaban J connectivity index is 1.86. The summed E-state index contributed by atoms with van der Waals surface area (Å²) in [7, 11) is -3.60. The number of methoxy groups -OCH3 is 2. The van der Waals surface area contributed by atoms with Crippen molar-refractivity contribution in [2.45, 2.75) is 71.0 Å². The number of aryl methyl sites for hydroxylation is 2. The second-order valence-electron chi connectivity index (χ2n) is 12.2. The third kappa shape index (κ3) is 6.76. The highest BCUT2D eigenvalue weighted by atomic mass is 32.2. The Kier molecular flexibility index (Phi) is 9.47. The van der Waals surface area contributed by atoms with Crippen molar-refractivity contribution in [2.75, 3.05) is 18.9 Å². The van der Waals surface area contributed by atoms with Gasteiger partial charge in [-0.25, -0.2) is 8.42 Å². The number of nitrogens with zero attached hydrogens (tertiary/aromatic N) is 6. The van der Waals surface area contributed by atoms with E-state index in [1.54, 1.807) is 54.5 Å². The number of nitrogens with one attached hydrogen (secondary N) is 1. The van der Waals surface area contributed by atoms with Gasteiger partial charge in [-0.15, -0.1) is 10.2 Å². The lowest BCUT2D eigenvalue weighted by Gasteiger charge is -2.40. The highest BCUT2D eigenvalue weighted by molar-refractivity contribution is 7.93. The summed E-state index contributed by atoms with van der Waals surface area (Å²) in [4.78, 5) is 13.2. The molecule has 1 N–H and O–H groups in total. The number of benzene rings is 1. The van der Waals surface area contributed by atoms with E-state index in [4.69, 9.17) is 13.9 Å². The number of ether oxygens (including phenoxy) is 2. The maximum absolute atomic E-state index is 14.2. The summed E-state index contributed by atoms with van der Waals surface area (Å²) in [6.07, 6.45) is 5.63. The van der Waals surface area contributed by atoms with Crippen molar-refractivity contribution in [1.82, 2.24) is 29.7 Å². The molecule has 236 valence electrons. The molecule has 1 aromatic carbocycles. The van der Waals surface area contributed by atoms with Crippen LogP contribution < -0.4 is 14.2 Å². The first-order valence-electron chi connectivity index (χ1n) is 14.2. The molecule has 12 nitrogen and oxygen atoms in total. The zero-order valence-corrected chi connectivity index (χ0v) is 28.7. The highest BCUT2D eigenvalue weighted by Gasteiger charge is 2.44. The molecule has 0 spiro atoms. The Bertz CT molecular complexity index is 1700. The zero-order valence-electron chi connectivity index (χ0n) is 26.9. The number of hydrogen-bond donors (Lipinski definition) is 1. The molecule has 0 saturated carbocycles. The summed E-state index contributed by atoms with van der Waals surface area (Å²) < 4.78 is 50.8. The predicted molar refractivity (Wildman–Crippen MR) is 172 cm³/mol. The van der Waals surface area contributed by atoms with Crippen LogP contribution in [0.2, 0.25) is 18.1 Å². The predicted octanol–water partition coefficient (Wildman–Crippen LogP) is 5.65. The fourth-order valence-electron chi connectivity index (χ4n) is 4.30. The van der Waals surface area contributed by atoms with Gasteiger partial charge in [-0.2, -0.15) is 0 Å². The van der Waals surface area contributed by atoms with Crippen LogP contribution in [0.4, 0.5) is 5.95 Å². The van der Waals surface area contributed by atoms with Gasteiger partial charge in [-0.05, 0) is 62.7 Å². The first-order chi connectivity index (χ1) is 20.6. The van der Waals surface area contributed by atoms with Gasteiger partial charge in [0.05, 0.1) is 31.8 Å². The molecule has 3 heterocycles. The molecule has 14 heteroatoms. The van der Waals surface area contributed by atoms with Crippen molar-refractivity contribution >= 4 is 24.3 Å². The van der Waals surface area contributed by atoms with Crippen LogP contribution in [0.15, 0.2) is 49.1 Å². The van der Waals surface area contributed by atoms with Gasteiger partial charge in [0.15, 0.2) is 14.1 Å². The molecule has 0 amide bonds. The average Bonchev–Trinajstić information content (AvgIpc) is 3.37. The third-order valence-corrected chi connectivity index (χ3v) is 14.0. The fraction of sp³-hybridized carbons (Fsp3) is 0.433. The molecule has 44 heavy (non-hydrogen) atoms. The minimum absolute atomic E-state index is 0.0581. The van der Waals surface area contributed by atoms with Crippen LogP contribution in [-0.2, 0) is 14.4 Å². The number of sulfonamides is 1. The third-order valence-electron chi connectivity index (χ3n) is 7.89. The van der Waals surface area contributed by atoms with E-state index in [0.717, 1.165) is 5.56 Å². The summed E-state index contributed by atoms with van der Waals surface area (Å²) >= 11 is 0. The van der Waals surface area contributed by atoms with Crippen LogP contribution in [0, 0.1) is 13.8 Å². The number of aromatic nitrogens is 6. The normalized spacial score (nSPS) is 13.8. The minimum atomic E-state index is -4.18. The van der Waals surface area contributed by atoms with E-state index >= 15 is 0 Å². The first-order valence-corrected chi connectivity index (χ1v) is 18.6. The van der Waals surface area contributed by atoms with Gasteiger partial charge >= 0.3 is 0 Å². The Morgan fingerprint density at radius 3 is 2.16 bits per heavy atom. The van der Waals surface area contributed by atoms with Crippen molar-refractivity contribution in [1.29, 1.82) is 0 Å². The number of pyridine rings is 1. The van der Waals surface area contributed by atoms with Gasteiger partial charge in [0, 0.05) is 24.2 Å².